The SMILES string of the molecule is COC(=O)c1nc(-c2cccc(Br)c2)[nH]c1C. The fourth-order valence-corrected chi connectivity index (χ4v) is 1.93. The Labute approximate surface area is 107 Å². The van der Waals surface area contributed by atoms with E-state index in [0.29, 0.717) is 17.2 Å². The van der Waals surface area contributed by atoms with Gasteiger partial charge in [0.1, 0.15) is 5.82 Å². The minimum atomic E-state index is -0.431. The Morgan fingerprint density at radius 2 is 2.24 bits per heavy atom. The van der Waals surface area contributed by atoms with Crippen LogP contribution < -0.4 is 0 Å². The molecule has 88 valence electrons. The zero-order valence-corrected chi connectivity index (χ0v) is 11.0. The molecule has 4 nitrogen and oxygen atoms in total. The van der Waals surface area contributed by atoms with Crippen molar-refractivity contribution in [3.05, 3.63) is 40.1 Å². The van der Waals surface area contributed by atoms with Crippen LogP contribution in [0.25, 0.3) is 11.4 Å². The summed E-state index contributed by atoms with van der Waals surface area (Å²) in [6.07, 6.45) is 0. The summed E-state index contributed by atoms with van der Waals surface area (Å²) in [5, 5.41) is 0. The Balaban J connectivity index is 2.44. The summed E-state index contributed by atoms with van der Waals surface area (Å²) in [5.74, 6) is 0.226. The van der Waals surface area contributed by atoms with Gasteiger partial charge in [-0.15, -0.1) is 0 Å². The van der Waals surface area contributed by atoms with Crippen molar-refractivity contribution in [2.45, 2.75) is 6.92 Å². The molecule has 2 aromatic rings. The van der Waals surface area contributed by atoms with E-state index in [0.717, 1.165) is 10.0 Å². The minimum Gasteiger partial charge on any atom is -0.464 e. The summed E-state index contributed by atoms with van der Waals surface area (Å²) in [6.45, 7) is 1.79. The van der Waals surface area contributed by atoms with Crippen molar-refractivity contribution in [1.82, 2.24) is 9.97 Å². The van der Waals surface area contributed by atoms with Crippen LogP contribution in [0.4, 0.5) is 0 Å². The number of benzene rings is 1. The van der Waals surface area contributed by atoms with Crippen molar-refractivity contribution < 1.29 is 9.53 Å². The molecule has 1 aromatic carbocycles. The Kier molecular flexibility index (Phi) is 3.28. The summed E-state index contributed by atoms with van der Waals surface area (Å²) >= 11 is 3.39. The number of H-pyrrole nitrogens is 1. The van der Waals surface area contributed by atoms with Crippen LogP contribution in [-0.4, -0.2) is 23.0 Å². The molecule has 17 heavy (non-hydrogen) atoms. The maximum absolute atomic E-state index is 11.4. The second-order valence-corrected chi connectivity index (χ2v) is 4.48. The van der Waals surface area contributed by atoms with Crippen molar-refractivity contribution in [3.63, 3.8) is 0 Å². The Morgan fingerprint density at radius 1 is 1.47 bits per heavy atom. The van der Waals surface area contributed by atoms with Gasteiger partial charge >= 0.3 is 5.97 Å². The van der Waals surface area contributed by atoms with Crippen LogP contribution in [0.1, 0.15) is 16.2 Å². The number of esters is 1. The highest BCUT2D eigenvalue weighted by Crippen LogP contribution is 2.21. The lowest BCUT2D eigenvalue weighted by Gasteiger charge is -1.96. The number of hydrogen-bond donors (Lipinski definition) is 1. The van der Waals surface area contributed by atoms with Crippen LogP contribution in [0.5, 0.6) is 0 Å². The number of aromatic amines is 1. The molecular weight excluding hydrogens is 284 g/mol. The lowest BCUT2D eigenvalue weighted by Crippen LogP contribution is -2.03. The third-order valence-corrected chi connectivity index (χ3v) is 2.85. The molecule has 0 aliphatic rings. The predicted molar refractivity (Wildman–Crippen MR) is 67.8 cm³/mol. The van der Waals surface area contributed by atoms with E-state index in [9.17, 15) is 4.79 Å². The van der Waals surface area contributed by atoms with Crippen molar-refractivity contribution in [2.24, 2.45) is 0 Å². The molecule has 0 spiro atoms. The number of halogens is 1. The number of carbonyl (C=O) groups is 1. The highest BCUT2D eigenvalue weighted by molar-refractivity contribution is 9.10. The van der Waals surface area contributed by atoms with E-state index in [1.54, 1.807) is 6.92 Å². The summed E-state index contributed by atoms with van der Waals surface area (Å²) in [7, 11) is 1.34. The molecule has 0 aliphatic carbocycles. The standard InChI is InChI=1S/C12H11BrN2O2/c1-7-10(12(16)17-2)15-11(14-7)8-4-3-5-9(13)6-8/h3-6H,1-2H3,(H,14,15). The topological polar surface area (TPSA) is 55.0 Å². The zero-order chi connectivity index (χ0) is 12.4. The van der Waals surface area contributed by atoms with Gasteiger partial charge in [-0.2, -0.15) is 0 Å². The first-order valence-electron chi connectivity index (χ1n) is 5.02. The summed E-state index contributed by atoms with van der Waals surface area (Å²) in [6, 6.07) is 7.69. The van der Waals surface area contributed by atoms with Crippen molar-refractivity contribution in [1.29, 1.82) is 0 Å². The number of nitrogens with zero attached hydrogens (tertiary/aromatic N) is 1. The molecule has 0 saturated heterocycles. The molecule has 0 atom stereocenters. The van der Waals surface area contributed by atoms with E-state index in [4.69, 9.17) is 0 Å². The van der Waals surface area contributed by atoms with Crippen molar-refractivity contribution in [3.8, 4) is 11.4 Å². The first-order valence-corrected chi connectivity index (χ1v) is 5.82. The second-order valence-electron chi connectivity index (χ2n) is 3.56. The normalized spacial score (nSPS) is 10.3. The molecule has 0 amide bonds. The van der Waals surface area contributed by atoms with Gasteiger partial charge in [-0.3, -0.25) is 0 Å². The first kappa shape index (κ1) is 11.9. The lowest BCUT2D eigenvalue weighted by molar-refractivity contribution is 0.0594. The number of ether oxygens (including phenoxy) is 1. The largest absolute Gasteiger partial charge is 0.464 e. The van der Waals surface area contributed by atoms with Gasteiger partial charge < -0.3 is 9.72 Å². The molecule has 1 N–H and O–H groups in total. The average molecular weight is 295 g/mol. The maximum atomic E-state index is 11.4. The van der Waals surface area contributed by atoms with Crippen LogP contribution in [0, 0.1) is 6.92 Å². The van der Waals surface area contributed by atoms with E-state index in [-0.39, 0.29) is 0 Å². The quantitative estimate of drug-likeness (QED) is 0.867. The Morgan fingerprint density at radius 3 is 2.88 bits per heavy atom. The Bertz CT molecular complexity index is 563. The molecule has 0 bridgehead atoms. The van der Waals surface area contributed by atoms with Gasteiger partial charge in [0.2, 0.25) is 0 Å². The average Bonchev–Trinajstić information content (AvgIpc) is 2.70. The number of aryl methyl sites for hydroxylation is 1. The first-order chi connectivity index (χ1) is 8.11. The van der Waals surface area contributed by atoms with Gasteiger partial charge in [0.05, 0.1) is 7.11 Å². The van der Waals surface area contributed by atoms with Gasteiger partial charge in [0.15, 0.2) is 5.69 Å². The van der Waals surface area contributed by atoms with Crippen LogP contribution in [0.2, 0.25) is 0 Å². The van der Waals surface area contributed by atoms with Crippen LogP contribution in [0.3, 0.4) is 0 Å². The van der Waals surface area contributed by atoms with E-state index in [1.807, 2.05) is 24.3 Å². The molecule has 0 unspecified atom stereocenters. The lowest BCUT2D eigenvalue weighted by atomic mass is 10.2. The molecule has 0 aliphatic heterocycles. The fourth-order valence-electron chi connectivity index (χ4n) is 1.53. The van der Waals surface area contributed by atoms with Gasteiger partial charge in [-0.05, 0) is 19.1 Å². The molecule has 0 radical (unpaired) electrons. The third-order valence-electron chi connectivity index (χ3n) is 2.36. The maximum Gasteiger partial charge on any atom is 0.358 e. The van der Waals surface area contributed by atoms with Crippen LogP contribution in [-0.2, 0) is 4.74 Å². The number of aromatic nitrogens is 2. The molecule has 0 fully saturated rings. The number of nitrogens with one attached hydrogen (secondary N) is 1. The van der Waals surface area contributed by atoms with E-state index in [1.165, 1.54) is 7.11 Å². The molecule has 1 aromatic heterocycles. The summed E-state index contributed by atoms with van der Waals surface area (Å²) in [5.41, 5.74) is 1.94. The molecule has 5 heteroatoms. The number of rotatable bonds is 2. The second kappa shape index (κ2) is 4.71. The van der Waals surface area contributed by atoms with Crippen LogP contribution in [0.15, 0.2) is 28.7 Å². The minimum absolute atomic E-state index is 0.322. The number of carbonyl (C=O) groups excluding carboxylic acids is 1. The van der Waals surface area contributed by atoms with E-state index < -0.39 is 5.97 Å². The van der Waals surface area contributed by atoms with Gasteiger partial charge in [0, 0.05) is 15.7 Å². The molecule has 1 heterocycles. The fraction of sp³-hybridized carbons (Fsp3) is 0.167. The molecular formula is C12H11BrN2O2. The van der Waals surface area contributed by atoms with E-state index >= 15 is 0 Å². The number of methoxy groups -OCH3 is 1. The summed E-state index contributed by atoms with van der Waals surface area (Å²) < 4.78 is 5.62. The summed E-state index contributed by atoms with van der Waals surface area (Å²) in [4.78, 5) is 18.7. The zero-order valence-electron chi connectivity index (χ0n) is 9.45. The third kappa shape index (κ3) is 2.39. The Hall–Kier alpha value is -1.62. The van der Waals surface area contributed by atoms with Gasteiger partial charge in [-0.1, -0.05) is 28.1 Å². The van der Waals surface area contributed by atoms with E-state index in [2.05, 4.69) is 30.6 Å². The van der Waals surface area contributed by atoms with Crippen molar-refractivity contribution >= 4 is 21.9 Å². The molecule has 2 rings (SSSR count). The predicted octanol–water partition coefficient (Wildman–Crippen LogP) is 2.93. The highest BCUT2D eigenvalue weighted by Gasteiger charge is 2.15. The van der Waals surface area contributed by atoms with Crippen molar-refractivity contribution in [2.75, 3.05) is 7.11 Å². The highest BCUT2D eigenvalue weighted by atomic mass is 79.9. The monoisotopic (exact) mass is 294 g/mol. The van der Waals surface area contributed by atoms with Gasteiger partial charge in [-0.25, -0.2) is 9.78 Å². The number of hydrogen-bond acceptors (Lipinski definition) is 3. The smallest absolute Gasteiger partial charge is 0.358 e. The van der Waals surface area contributed by atoms with Crippen LogP contribution >= 0.6 is 15.9 Å². The number of imidazole rings is 1. The molecule has 0 saturated carbocycles. The van der Waals surface area contributed by atoms with Gasteiger partial charge in [0.25, 0.3) is 0 Å².